The maximum absolute atomic E-state index is 13.3. The van der Waals surface area contributed by atoms with Crippen molar-refractivity contribution in [3.8, 4) is 0 Å². The molecule has 0 unspecified atom stereocenters. The third-order valence-electron chi connectivity index (χ3n) is 12.0. The van der Waals surface area contributed by atoms with E-state index >= 15 is 0 Å². The first-order valence-electron chi connectivity index (χ1n) is 13.1. The molecule has 4 fully saturated rings. The van der Waals surface area contributed by atoms with Crippen molar-refractivity contribution in [1.29, 1.82) is 0 Å². The molecule has 3 saturated carbocycles. The third-order valence-corrected chi connectivity index (χ3v) is 12.0. The molecule has 0 amide bonds. The van der Waals surface area contributed by atoms with E-state index in [4.69, 9.17) is 9.47 Å². The number of carbonyl (C=O) groups is 2. The molecule has 1 spiro atoms. The average molecular weight is 487 g/mol. The van der Waals surface area contributed by atoms with Gasteiger partial charge in [-0.3, -0.25) is 4.79 Å². The minimum Gasteiger partial charge on any atom is -0.455 e. The molecule has 10 atom stereocenters. The van der Waals surface area contributed by atoms with Crippen LogP contribution in [0.15, 0.2) is 23.3 Å². The number of allylic oxidation sites excluding steroid dienone is 1. The second kappa shape index (κ2) is 6.66. The minimum atomic E-state index is -1.77. The zero-order valence-corrected chi connectivity index (χ0v) is 21.4. The molecule has 6 aliphatic rings. The van der Waals surface area contributed by atoms with E-state index in [1.807, 2.05) is 26.8 Å². The summed E-state index contributed by atoms with van der Waals surface area (Å²) in [4.78, 5) is 25.8. The van der Waals surface area contributed by atoms with Crippen molar-refractivity contribution in [3.05, 3.63) is 23.3 Å². The Kier molecular flexibility index (Phi) is 4.53. The molecule has 3 N–H and O–H groups in total. The number of cyclic esters (lactones) is 1. The largest absolute Gasteiger partial charge is 0.455 e. The fraction of sp³-hybridized carbons (Fsp3) is 0.786. The minimum absolute atomic E-state index is 0.0654. The van der Waals surface area contributed by atoms with E-state index in [9.17, 15) is 24.9 Å². The van der Waals surface area contributed by atoms with Crippen LogP contribution in [-0.2, 0) is 19.1 Å². The fourth-order valence-corrected chi connectivity index (χ4v) is 9.34. The molecule has 4 aliphatic carbocycles. The van der Waals surface area contributed by atoms with Crippen LogP contribution in [0.3, 0.4) is 0 Å². The van der Waals surface area contributed by atoms with E-state index < -0.39 is 45.3 Å². The van der Waals surface area contributed by atoms with Gasteiger partial charge >= 0.3 is 5.97 Å². The second-order valence-corrected chi connectivity index (χ2v) is 12.9. The number of esters is 1. The number of fused-ring (bicyclic) bond motifs is 4. The first-order valence-corrected chi connectivity index (χ1v) is 13.1. The number of ether oxygens (including phenoxy) is 2. The number of hydrogen-bond donors (Lipinski definition) is 3. The van der Waals surface area contributed by atoms with Crippen LogP contribution in [0.2, 0.25) is 0 Å². The fourth-order valence-electron chi connectivity index (χ4n) is 9.34. The number of rotatable bonds is 2. The second-order valence-electron chi connectivity index (χ2n) is 12.9. The van der Waals surface area contributed by atoms with Crippen molar-refractivity contribution in [3.63, 3.8) is 0 Å². The Hall–Kier alpha value is -1.54. The Morgan fingerprint density at radius 2 is 1.80 bits per heavy atom. The monoisotopic (exact) mass is 486 g/mol. The summed E-state index contributed by atoms with van der Waals surface area (Å²) in [5.41, 5.74) is -5.56. The highest BCUT2D eigenvalue weighted by Crippen LogP contribution is 2.75. The highest BCUT2D eigenvalue weighted by molar-refractivity contribution is 5.97. The molecule has 0 aromatic heterocycles. The number of aliphatic hydroxyl groups is 3. The molecular weight excluding hydrogens is 448 g/mol. The van der Waals surface area contributed by atoms with Crippen molar-refractivity contribution in [2.45, 2.75) is 114 Å². The molecule has 2 aliphatic heterocycles. The van der Waals surface area contributed by atoms with Crippen LogP contribution in [0.1, 0.15) is 79.6 Å². The SMILES string of the molecule is CC1=C(C)C(=O)O[C@H]([C@](C)(O)[C@]2(O)CC[C@@]3(O)[C@@H]4C[C@H]5O[C@@]56CC=CC(=O)[C@]6(C)[C@H]4CC[C@]23C)C1. The number of hydrogen-bond acceptors (Lipinski definition) is 7. The molecule has 6 rings (SSSR count). The van der Waals surface area contributed by atoms with Gasteiger partial charge in [0, 0.05) is 17.4 Å². The Morgan fingerprint density at radius 1 is 1.09 bits per heavy atom. The average Bonchev–Trinajstić information content (AvgIpc) is 3.46. The van der Waals surface area contributed by atoms with Crippen LogP contribution < -0.4 is 0 Å². The van der Waals surface area contributed by atoms with Gasteiger partial charge in [-0.1, -0.05) is 18.6 Å². The van der Waals surface area contributed by atoms with E-state index in [2.05, 4.69) is 0 Å². The highest BCUT2D eigenvalue weighted by Gasteiger charge is 2.82. The Bertz CT molecular complexity index is 1090. The van der Waals surface area contributed by atoms with Crippen molar-refractivity contribution in [2.75, 3.05) is 0 Å². The maximum Gasteiger partial charge on any atom is 0.334 e. The molecule has 0 radical (unpaired) electrons. The summed E-state index contributed by atoms with van der Waals surface area (Å²) in [5, 5.41) is 36.7. The first-order chi connectivity index (χ1) is 16.2. The molecule has 7 nitrogen and oxygen atoms in total. The molecule has 35 heavy (non-hydrogen) atoms. The Morgan fingerprint density at radius 3 is 2.49 bits per heavy atom. The van der Waals surface area contributed by atoms with Crippen molar-refractivity contribution in [1.82, 2.24) is 0 Å². The Balaban J connectivity index is 1.39. The summed E-state index contributed by atoms with van der Waals surface area (Å²) in [6.45, 7) is 9.00. The van der Waals surface area contributed by atoms with Gasteiger partial charge in [-0.2, -0.15) is 0 Å². The first kappa shape index (κ1) is 23.8. The molecule has 0 aromatic rings. The lowest BCUT2D eigenvalue weighted by molar-refractivity contribution is -0.282. The van der Waals surface area contributed by atoms with Crippen LogP contribution in [-0.4, -0.2) is 61.7 Å². The Labute approximate surface area is 206 Å². The van der Waals surface area contributed by atoms with Gasteiger partial charge in [-0.25, -0.2) is 4.79 Å². The van der Waals surface area contributed by atoms with Crippen LogP contribution in [0, 0.1) is 22.7 Å². The summed E-state index contributed by atoms with van der Waals surface area (Å²) in [5.74, 6) is -0.703. The number of epoxide rings is 1. The van der Waals surface area contributed by atoms with Gasteiger partial charge in [0.05, 0.1) is 17.1 Å². The summed E-state index contributed by atoms with van der Waals surface area (Å²) >= 11 is 0. The smallest absolute Gasteiger partial charge is 0.334 e. The van der Waals surface area contributed by atoms with Gasteiger partial charge in [-0.15, -0.1) is 0 Å². The van der Waals surface area contributed by atoms with E-state index in [-0.39, 0.29) is 30.1 Å². The van der Waals surface area contributed by atoms with Crippen LogP contribution in [0.4, 0.5) is 0 Å². The number of carbonyl (C=O) groups excluding carboxylic acids is 2. The highest BCUT2D eigenvalue weighted by atomic mass is 16.6. The van der Waals surface area contributed by atoms with Crippen molar-refractivity contribution < 1.29 is 34.4 Å². The summed E-state index contributed by atoms with van der Waals surface area (Å²) in [7, 11) is 0. The van der Waals surface area contributed by atoms with E-state index in [1.165, 1.54) is 0 Å². The molecule has 2 heterocycles. The van der Waals surface area contributed by atoms with Gasteiger partial charge in [0.2, 0.25) is 0 Å². The zero-order valence-electron chi connectivity index (χ0n) is 21.4. The van der Waals surface area contributed by atoms with Gasteiger partial charge < -0.3 is 24.8 Å². The van der Waals surface area contributed by atoms with Gasteiger partial charge in [-0.05, 0) is 84.1 Å². The summed E-state index contributed by atoms with van der Waals surface area (Å²) in [6, 6.07) is 0. The molecule has 7 heteroatoms. The van der Waals surface area contributed by atoms with Crippen LogP contribution >= 0.6 is 0 Å². The topological polar surface area (TPSA) is 117 Å². The quantitative estimate of drug-likeness (QED) is 0.406. The molecule has 0 aromatic carbocycles. The van der Waals surface area contributed by atoms with Crippen molar-refractivity contribution >= 4 is 11.8 Å². The zero-order chi connectivity index (χ0) is 25.4. The van der Waals surface area contributed by atoms with Crippen LogP contribution in [0.25, 0.3) is 0 Å². The third kappa shape index (κ3) is 2.42. The van der Waals surface area contributed by atoms with Gasteiger partial charge in [0.1, 0.15) is 22.9 Å². The van der Waals surface area contributed by atoms with E-state index in [0.29, 0.717) is 37.7 Å². The molecular formula is C28H38O7. The lowest BCUT2D eigenvalue weighted by Crippen LogP contribution is -2.73. The van der Waals surface area contributed by atoms with E-state index in [0.717, 1.165) is 12.0 Å². The number of ketones is 1. The normalized spacial score (nSPS) is 54.3. The summed E-state index contributed by atoms with van der Waals surface area (Å²) < 4.78 is 11.9. The molecule has 1 saturated heterocycles. The predicted molar refractivity (Wildman–Crippen MR) is 126 cm³/mol. The standard InChI is InChI=1S/C28H38O7/c1-15-13-20(34-22(30)16(15)2)25(5,31)28(33)12-11-26(32)18-14-21-27(35-21)9-6-7-19(29)24(27,4)17(18)8-10-23(26,28)3/h6-7,17-18,20-21,31-33H,8-14H2,1-5H3/t17-,18+,20-,21+,23-,24-,25-,26+,27-,28-/m0/s1. The van der Waals surface area contributed by atoms with Crippen LogP contribution in [0.5, 0.6) is 0 Å². The van der Waals surface area contributed by atoms with Gasteiger partial charge in [0.15, 0.2) is 5.78 Å². The molecule has 0 bridgehead atoms. The van der Waals surface area contributed by atoms with Gasteiger partial charge in [0.25, 0.3) is 0 Å². The maximum atomic E-state index is 13.3. The lowest BCUT2D eigenvalue weighted by atomic mass is 9.42. The lowest BCUT2D eigenvalue weighted by Gasteiger charge is -2.63. The van der Waals surface area contributed by atoms with E-state index in [1.54, 1.807) is 19.9 Å². The summed E-state index contributed by atoms with van der Waals surface area (Å²) in [6.07, 6.45) is 5.91. The molecule has 192 valence electrons. The van der Waals surface area contributed by atoms with Crippen molar-refractivity contribution in [2.24, 2.45) is 22.7 Å². The predicted octanol–water partition coefficient (Wildman–Crippen LogP) is 2.75.